The molecule has 7 N–H and O–H groups in total. The molecular weight excluding hydrogens is 529 g/mol. The summed E-state index contributed by atoms with van der Waals surface area (Å²) in [4.78, 5) is 21.4. The van der Waals surface area contributed by atoms with Crippen LogP contribution in [0.1, 0.15) is 13.3 Å². The largest absolute Gasteiger partial charge is 0.490 e. The lowest BCUT2D eigenvalue weighted by atomic mass is 10.2. The molecule has 1 unspecified atom stereocenters. The summed E-state index contributed by atoms with van der Waals surface area (Å²) in [5.74, 6) is -1.50. The number of aromatic nitrogens is 6. The lowest BCUT2D eigenvalue weighted by Crippen LogP contribution is -2.30. The Bertz CT molecular complexity index is 1360. The van der Waals surface area contributed by atoms with Crippen LogP contribution in [0.3, 0.4) is 0 Å². The summed E-state index contributed by atoms with van der Waals surface area (Å²) >= 11 is 0. The Kier molecular flexibility index (Phi) is 9.80. The number of aliphatic carboxylic acids is 1. The van der Waals surface area contributed by atoms with E-state index in [2.05, 4.69) is 25.6 Å². The SMILES string of the molecule is CCn1c(-c2nonc2N)nc2c(-c3ccc[nH]3)ncc(OCCCNCC(O)CO)c21.O=C(O)C(F)(F)F. The Labute approximate surface area is 218 Å². The number of aliphatic hydroxyl groups excluding tert-OH is 2. The van der Waals surface area contributed by atoms with E-state index in [1.165, 1.54) is 0 Å². The molecule has 17 heteroatoms. The summed E-state index contributed by atoms with van der Waals surface area (Å²) in [5.41, 5.74) is 9.22. The standard InChI is InChI=1S/C20H26N8O4.C2HF3O2/c1-2-28-18-14(31-8-4-6-22-9-12(30)11-29)10-24-15(13-5-3-7-23-13)16(18)25-20(28)17-19(21)27-32-26-17;3-2(4,5)1(6)7/h3,5,7,10,12,22-23,29-30H,2,4,6,8-9,11H2,1H3,(H2,21,27);(H,6,7). The predicted molar refractivity (Wildman–Crippen MR) is 130 cm³/mol. The summed E-state index contributed by atoms with van der Waals surface area (Å²) in [6.07, 6.45) is -1.64. The number of carboxylic acids is 1. The second-order valence-corrected chi connectivity index (χ2v) is 7.98. The Morgan fingerprint density at radius 2 is 2.08 bits per heavy atom. The van der Waals surface area contributed by atoms with Crippen molar-refractivity contribution in [2.75, 3.05) is 32.0 Å². The number of aliphatic hydroxyl groups is 2. The van der Waals surface area contributed by atoms with E-state index < -0.39 is 18.2 Å². The van der Waals surface area contributed by atoms with Crippen molar-refractivity contribution in [3.05, 3.63) is 24.5 Å². The molecule has 14 nitrogen and oxygen atoms in total. The van der Waals surface area contributed by atoms with Crippen LogP contribution in [0, 0.1) is 0 Å². The second kappa shape index (κ2) is 13.0. The van der Waals surface area contributed by atoms with Crippen molar-refractivity contribution in [2.24, 2.45) is 0 Å². The zero-order valence-electron chi connectivity index (χ0n) is 20.6. The number of carboxylic acid groups (broad SMARTS) is 1. The van der Waals surface area contributed by atoms with Crippen LogP contribution in [-0.4, -0.2) is 89.7 Å². The summed E-state index contributed by atoms with van der Waals surface area (Å²) in [6, 6.07) is 3.82. The highest BCUT2D eigenvalue weighted by Crippen LogP contribution is 2.36. The molecule has 0 bridgehead atoms. The molecular formula is C22H27F3N8O6. The van der Waals surface area contributed by atoms with E-state index in [0.717, 1.165) is 11.2 Å². The number of imidazole rings is 1. The third-order valence-electron chi connectivity index (χ3n) is 5.22. The van der Waals surface area contributed by atoms with Crippen LogP contribution in [0.15, 0.2) is 29.2 Å². The summed E-state index contributed by atoms with van der Waals surface area (Å²) in [5, 5.41) is 36.0. The van der Waals surface area contributed by atoms with Crippen LogP contribution in [0.2, 0.25) is 0 Å². The van der Waals surface area contributed by atoms with E-state index in [-0.39, 0.29) is 12.4 Å². The molecule has 0 aliphatic heterocycles. The lowest BCUT2D eigenvalue weighted by molar-refractivity contribution is -0.192. The Hall–Kier alpha value is -4.22. The second-order valence-electron chi connectivity index (χ2n) is 7.98. The molecule has 4 aromatic rings. The number of carbonyl (C=O) groups is 1. The van der Waals surface area contributed by atoms with E-state index in [1.54, 1.807) is 6.20 Å². The van der Waals surface area contributed by atoms with Crippen LogP contribution >= 0.6 is 0 Å². The summed E-state index contributed by atoms with van der Waals surface area (Å²) < 4.78 is 44.5. The topological polar surface area (TPSA) is 210 Å². The van der Waals surface area contributed by atoms with E-state index in [9.17, 15) is 18.3 Å². The van der Waals surface area contributed by atoms with Crippen LogP contribution in [0.25, 0.3) is 33.9 Å². The van der Waals surface area contributed by atoms with E-state index in [4.69, 9.17) is 35.1 Å². The molecule has 1 atom stereocenters. The molecule has 4 aromatic heterocycles. The third kappa shape index (κ3) is 7.21. The number of nitrogens with one attached hydrogen (secondary N) is 2. The number of anilines is 1. The van der Waals surface area contributed by atoms with Crippen molar-refractivity contribution in [3.8, 4) is 28.7 Å². The zero-order chi connectivity index (χ0) is 28.6. The molecule has 212 valence electrons. The number of halogens is 3. The third-order valence-corrected chi connectivity index (χ3v) is 5.22. The predicted octanol–water partition coefficient (Wildman–Crippen LogP) is 1.42. The Morgan fingerprint density at radius 1 is 1.33 bits per heavy atom. The van der Waals surface area contributed by atoms with Gasteiger partial charge in [0.2, 0.25) is 0 Å². The number of nitrogens with two attached hydrogens (primary N) is 1. The van der Waals surface area contributed by atoms with Crippen LogP contribution < -0.4 is 15.8 Å². The molecule has 4 rings (SSSR count). The zero-order valence-corrected chi connectivity index (χ0v) is 20.6. The number of rotatable bonds is 11. The molecule has 0 aliphatic rings. The van der Waals surface area contributed by atoms with Crippen molar-refractivity contribution in [3.63, 3.8) is 0 Å². The van der Waals surface area contributed by atoms with Gasteiger partial charge >= 0.3 is 12.1 Å². The monoisotopic (exact) mass is 556 g/mol. The quantitative estimate of drug-likeness (QED) is 0.145. The average molecular weight is 557 g/mol. The van der Waals surface area contributed by atoms with Gasteiger partial charge in [-0.2, -0.15) is 13.2 Å². The van der Waals surface area contributed by atoms with Gasteiger partial charge in [-0.15, -0.1) is 0 Å². The number of aryl methyl sites for hydroxylation is 1. The number of hydrogen-bond donors (Lipinski definition) is 6. The molecule has 0 fully saturated rings. The maximum absolute atomic E-state index is 10.6. The Morgan fingerprint density at radius 3 is 2.64 bits per heavy atom. The molecule has 0 spiro atoms. The molecule has 0 saturated heterocycles. The number of nitrogen functional groups attached to an aromatic ring is 1. The fourth-order valence-electron chi connectivity index (χ4n) is 3.45. The number of aromatic amines is 1. The molecule has 0 amide bonds. The number of hydrogen-bond acceptors (Lipinski definition) is 11. The molecule has 4 heterocycles. The van der Waals surface area contributed by atoms with Gasteiger partial charge in [0, 0.05) is 19.3 Å². The normalized spacial score (nSPS) is 12.3. The van der Waals surface area contributed by atoms with Crippen molar-refractivity contribution in [2.45, 2.75) is 32.2 Å². The van der Waals surface area contributed by atoms with Crippen molar-refractivity contribution >= 4 is 22.8 Å². The fourth-order valence-corrected chi connectivity index (χ4v) is 3.45. The van der Waals surface area contributed by atoms with Gasteiger partial charge in [-0.05, 0) is 42.3 Å². The van der Waals surface area contributed by atoms with E-state index in [0.29, 0.717) is 61.1 Å². The summed E-state index contributed by atoms with van der Waals surface area (Å²) in [7, 11) is 0. The van der Waals surface area contributed by atoms with Gasteiger partial charge in [0.05, 0.1) is 31.2 Å². The van der Waals surface area contributed by atoms with Gasteiger partial charge in [-0.3, -0.25) is 0 Å². The molecule has 0 aliphatic carbocycles. The van der Waals surface area contributed by atoms with E-state index in [1.807, 2.05) is 29.8 Å². The van der Waals surface area contributed by atoms with Gasteiger partial charge in [-0.1, -0.05) is 0 Å². The molecule has 0 radical (unpaired) electrons. The van der Waals surface area contributed by atoms with Gasteiger partial charge in [0.15, 0.2) is 23.1 Å². The Balaban J connectivity index is 0.000000532. The number of H-pyrrole nitrogens is 1. The smallest absolute Gasteiger partial charge is 0.490 e. The highest BCUT2D eigenvalue weighted by molar-refractivity contribution is 5.95. The van der Waals surface area contributed by atoms with Crippen LogP contribution in [0.4, 0.5) is 19.0 Å². The lowest BCUT2D eigenvalue weighted by Gasteiger charge is -2.12. The first-order valence-corrected chi connectivity index (χ1v) is 11.6. The summed E-state index contributed by atoms with van der Waals surface area (Å²) in [6.45, 7) is 3.69. The van der Waals surface area contributed by atoms with Gasteiger partial charge in [0.25, 0.3) is 0 Å². The maximum Gasteiger partial charge on any atom is 0.490 e. The number of ether oxygens (including phenoxy) is 1. The van der Waals surface area contributed by atoms with Crippen LogP contribution in [0.5, 0.6) is 5.75 Å². The van der Waals surface area contributed by atoms with Crippen molar-refractivity contribution in [1.82, 2.24) is 35.1 Å². The fraction of sp³-hybridized carbons (Fsp3) is 0.409. The first kappa shape index (κ1) is 29.3. The minimum atomic E-state index is -5.08. The van der Waals surface area contributed by atoms with Crippen molar-refractivity contribution < 1.29 is 42.7 Å². The van der Waals surface area contributed by atoms with Gasteiger partial charge in [-0.25, -0.2) is 19.4 Å². The number of nitrogens with zero attached hydrogens (tertiary/aromatic N) is 5. The first-order chi connectivity index (χ1) is 18.6. The highest BCUT2D eigenvalue weighted by atomic mass is 19.4. The minimum absolute atomic E-state index is 0.156. The minimum Gasteiger partial charge on any atom is -0.490 e. The van der Waals surface area contributed by atoms with E-state index >= 15 is 0 Å². The maximum atomic E-state index is 10.6. The molecule has 0 saturated carbocycles. The van der Waals surface area contributed by atoms with Crippen LogP contribution in [-0.2, 0) is 11.3 Å². The van der Waals surface area contributed by atoms with Gasteiger partial charge in [0.1, 0.15) is 16.7 Å². The number of alkyl halides is 3. The first-order valence-electron chi connectivity index (χ1n) is 11.6. The average Bonchev–Trinajstić information content (AvgIpc) is 3.65. The highest BCUT2D eigenvalue weighted by Gasteiger charge is 2.38. The van der Waals surface area contributed by atoms with Gasteiger partial charge < -0.3 is 40.7 Å². The molecule has 39 heavy (non-hydrogen) atoms. The van der Waals surface area contributed by atoms with Crippen molar-refractivity contribution in [1.29, 1.82) is 0 Å². The number of pyridine rings is 1. The molecule has 0 aromatic carbocycles. The number of fused-ring (bicyclic) bond motifs is 1.